The molecule has 0 aliphatic heterocycles. The van der Waals surface area contributed by atoms with E-state index in [1.807, 2.05) is 0 Å². The quantitative estimate of drug-likeness (QED) is 0.793. The molecule has 0 heterocycles. The molecule has 2 rings (SSSR count). The van der Waals surface area contributed by atoms with Crippen molar-refractivity contribution in [2.45, 2.75) is 76.8 Å². The summed E-state index contributed by atoms with van der Waals surface area (Å²) in [6.07, 6.45) is 12.1. The molecule has 0 aromatic rings. The number of nitrogens with two attached hydrogens (primary N) is 1. The number of allylic oxidation sites excluding steroid dienone is 1. The van der Waals surface area contributed by atoms with Gasteiger partial charge in [0.05, 0.1) is 0 Å². The first-order valence-corrected chi connectivity index (χ1v) is 7.93. The average Bonchev–Trinajstić information content (AvgIpc) is 2.43. The Kier molecular flexibility index (Phi) is 5.44. The number of hydrogen-bond donors (Lipinski definition) is 1. The number of amides is 1. The molecule has 0 atom stereocenters. The van der Waals surface area contributed by atoms with Gasteiger partial charge in [-0.25, -0.2) is 0 Å². The second-order valence-electron chi connectivity index (χ2n) is 6.03. The van der Waals surface area contributed by atoms with Crippen LogP contribution in [0.4, 0.5) is 0 Å². The van der Waals surface area contributed by atoms with Gasteiger partial charge in [-0.2, -0.15) is 0 Å². The number of carbonyl (C=O) groups is 1. The van der Waals surface area contributed by atoms with E-state index in [0.29, 0.717) is 24.4 Å². The van der Waals surface area contributed by atoms with E-state index in [0.717, 1.165) is 45.1 Å². The standard InChI is InChI=1S/C16H28N2O/c1-2-18(15-10-8-14(17)9-11-15)16(19)12-13-6-4-3-5-7-13/h6,14-15H,2-5,7-12,17H2,1H3. The summed E-state index contributed by atoms with van der Waals surface area (Å²) in [7, 11) is 0. The average molecular weight is 264 g/mol. The van der Waals surface area contributed by atoms with Gasteiger partial charge in [-0.1, -0.05) is 11.6 Å². The van der Waals surface area contributed by atoms with Crippen molar-refractivity contribution in [2.24, 2.45) is 5.73 Å². The van der Waals surface area contributed by atoms with Crippen LogP contribution in [-0.4, -0.2) is 29.4 Å². The Bertz CT molecular complexity index is 330. The first-order chi connectivity index (χ1) is 9.20. The number of hydrogen-bond acceptors (Lipinski definition) is 2. The minimum absolute atomic E-state index is 0.330. The van der Waals surface area contributed by atoms with E-state index >= 15 is 0 Å². The van der Waals surface area contributed by atoms with Gasteiger partial charge in [-0.05, 0) is 58.3 Å². The Balaban J connectivity index is 1.89. The maximum atomic E-state index is 12.5. The van der Waals surface area contributed by atoms with E-state index in [9.17, 15) is 4.79 Å². The van der Waals surface area contributed by atoms with E-state index < -0.39 is 0 Å². The van der Waals surface area contributed by atoms with Crippen LogP contribution in [0.2, 0.25) is 0 Å². The predicted molar refractivity (Wildman–Crippen MR) is 78.8 cm³/mol. The van der Waals surface area contributed by atoms with E-state index in [4.69, 9.17) is 5.73 Å². The lowest BCUT2D eigenvalue weighted by Crippen LogP contribution is -2.44. The lowest BCUT2D eigenvalue weighted by Gasteiger charge is -2.36. The molecular weight excluding hydrogens is 236 g/mol. The van der Waals surface area contributed by atoms with Crippen molar-refractivity contribution < 1.29 is 4.79 Å². The second-order valence-corrected chi connectivity index (χ2v) is 6.03. The van der Waals surface area contributed by atoms with Crippen LogP contribution in [0.3, 0.4) is 0 Å². The third kappa shape index (κ3) is 4.07. The first-order valence-electron chi connectivity index (χ1n) is 7.93. The van der Waals surface area contributed by atoms with Crippen LogP contribution >= 0.6 is 0 Å². The van der Waals surface area contributed by atoms with Crippen LogP contribution in [0.25, 0.3) is 0 Å². The zero-order chi connectivity index (χ0) is 13.7. The van der Waals surface area contributed by atoms with Crippen molar-refractivity contribution in [1.29, 1.82) is 0 Å². The molecule has 0 unspecified atom stereocenters. The van der Waals surface area contributed by atoms with Gasteiger partial charge in [0.25, 0.3) is 0 Å². The number of rotatable bonds is 4. The first kappa shape index (κ1) is 14.6. The SMILES string of the molecule is CCN(C(=O)CC1=CCCCC1)C1CCC(N)CC1. The van der Waals surface area contributed by atoms with Crippen LogP contribution in [-0.2, 0) is 4.79 Å². The molecule has 1 saturated carbocycles. The summed E-state index contributed by atoms with van der Waals surface area (Å²) in [5.74, 6) is 0.330. The third-order valence-corrected chi connectivity index (χ3v) is 4.61. The van der Waals surface area contributed by atoms with Gasteiger partial charge in [0.15, 0.2) is 0 Å². The van der Waals surface area contributed by atoms with Gasteiger partial charge in [-0.15, -0.1) is 0 Å². The van der Waals surface area contributed by atoms with Crippen LogP contribution in [0.1, 0.15) is 64.7 Å². The molecule has 3 nitrogen and oxygen atoms in total. The van der Waals surface area contributed by atoms with E-state index in [1.54, 1.807) is 0 Å². The normalized spacial score (nSPS) is 27.8. The summed E-state index contributed by atoms with van der Waals surface area (Å²) in [6, 6.07) is 0.785. The molecule has 0 aromatic heterocycles. The zero-order valence-electron chi connectivity index (χ0n) is 12.2. The Morgan fingerprint density at radius 3 is 2.63 bits per heavy atom. The van der Waals surface area contributed by atoms with Crippen molar-refractivity contribution in [3.8, 4) is 0 Å². The summed E-state index contributed by atoms with van der Waals surface area (Å²) in [5.41, 5.74) is 7.31. The fraction of sp³-hybridized carbons (Fsp3) is 0.812. The highest BCUT2D eigenvalue weighted by Crippen LogP contribution is 2.25. The van der Waals surface area contributed by atoms with Gasteiger partial charge in [0.2, 0.25) is 5.91 Å². The Hall–Kier alpha value is -0.830. The minimum Gasteiger partial charge on any atom is -0.340 e. The Morgan fingerprint density at radius 2 is 2.05 bits per heavy atom. The highest BCUT2D eigenvalue weighted by Gasteiger charge is 2.26. The molecule has 108 valence electrons. The molecule has 19 heavy (non-hydrogen) atoms. The van der Waals surface area contributed by atoms with Crippen molar-refractivity contribution in [3.63, 3.8) is 0 Å². The monoisotopic (exact) mass is 264 g/mol. The highest BCUT2D eigenvalue weighted by molar-refractivity contribution is 5.79. The fourth-order valence-electron chi connectivity index (χ4n) is 3.41. The molecule has 0 aromatic carbocycles. The number of carbonyl (C=O) groups excluding carboxylic acids is 1. The molecule has 2 N–H and O–H groups in total. The van der Waals surface area contributed by atoms with E-state index in [2.05, 4.69) is 17.9 Å². The summed E-state index contributed by atoms with van der Waals surface area (Å²) >= 11 is 0. The Morgan fingerprint density at radius 1 is 1.32 bits per heavy atom. The molecule has 0 saturated heterocycles. The molecule has 1 amide bonds. The molecule has 3 heteroatoms. The zero-order valence-corrected chi connectivity index (χ0v) is 12.2. The minimum atomic E-state index is 0.330. The topological polar surface area (TPSA) is 46.3 Å². The van der Waals surface area contributed by atoms with Crippen LogP contribution in [0.15, 0.2) is 11.6 Å². The van der Waals surface area contributed by atoms with Gasteiger partial charge in [0.1, 0.15) is 0 Å². The predicted octanol–water partition coefficient (Wildman–Crippen LogP) is 3.00. The largest absolute Gasteiger partial charge is 0.340 e. The summed E-state index contributed by atoms with van der Waals surface area (Å²) in [5, 5.41) is 0. The molecule has 2 aliphatic rings. The molecule has 2 aliphatic carbocycles. The lowest BCUT2D eigenvalue weighted by atomic mass is 9.90. The lowest BCUT2D eigenvalue weighted by molar-refractivity contribution is -0.133. The van der Waals surface area contributed by atoms with Crippen molar-refractivity contribution in [3.05, 3.63) is 11.6 Å². The summed E-state index contributed by atoms with van der Waals surface area (Å²) in [4.78, 5) is 14.6. The molecule has 0 spiro atoms. The van der Waals surface area contributed by atoms with Gasteiger partial charge >= 0.3 is 0 Å². The Labute approximate surface area is 117 Å². The van der Waals surface area contributed by atoms with Crippen LogP contribution < -0.4 is 5.73 Å². The van der Waals surface area contributed by atoms with Crippen LogP contribution in [0.5, 0.6) is 0 Å². The highest BCUT2D eigenvalue weighted by atomic mass is 16.2. The fourth-order valence-corrected chi connectivity index (χ4v) is 3.41. The maximum Gasteiger partial charge on any atom is 0.226 e. The maximum absolute atomic E-state index is 12.5. The van der Waals surface area contributed by atoms with Crippen LogP contribution in [0, 0.1) is 0 Å². The number of nitrogens with zero attached hydrogens (tertiary/aromatic N) is 1. The van der Waals surface area contributed by atoms with Gasteiger partial charge < -0.3 is 10.6 Å². The summed E-state index contributed by atoms with van der Waals surface area (Å²) in [6.45, 7) is 2.94. The molecule has 0 bridgehead atoms. The van der Waals surface area contributed by atoms with Crippen molar-refractivity contribution in [1.82, 2.24) is 4.90 Å². The second kappa shape index (κ2) is 7.09. The van der Waals surface area contributed by atoms with E-state index in [1.165, 1.54) is 18.4 Å². The summed E-state index contributed by atoms with van der Waals surface area (Å²) < 4.78 is 0. The molecular formula is C16H28N2O. The molecule has 1 fully saturated rings. The van der Waals surface area contributed by atoms with E-state index in [-0.39, 0.29) is 0 Å². The van der Waals surface area contributed by atoms with Gasteiger partial charge in [0, 0.05) is 25.0 Å². The third-order valence-electron chi connectivity index (χ3n) is 4.61. The van der Waals surface area contributed by atoms with Crippen molar-refractivity contribution >= 4 is 5.91 Å². The van der Waals surface area contributed by atoms with Gasteiger partial charge in [-0.3, -0.25) is 4.79 Å². The molecule has 0 radical (unpaired) electrons. The smallest absolute Gasteiger partial charge is 0.226 e. The van der Waals surface area contributed by atoms with Crippen molar-refractivity contribution in [2.75, 3.05) is 6.54 Å².